The molecule has 1 saturated heterocycles. The summed E-state index contributed by atoms with van der Waals surface area (Å²) in [5, 5.41) is 29.8. The molecule has 1 fully saturated rings. The molecule has 0 bridgehead atoms. The topological polar surface area (TPSA) is 142 Å². The number of hydrogen-bond donors (Lipinski definition) is 3. The lowest BCUT2D eigenvalue weighted by Crippen LogP contribution is -2.44. The van der Waals surface area contributed by atoms with E-state index in [1.54, 1.807) is 16.8 Å². The van der Waals surface area contributed by atoms with Gasteiger partial charge in [-0.25, -0.2) is 4.68 Å². The lowest BCUT2D eigenvalue weighted by atomic mass is 9.91. The van der Waals surface area contributed by atoms with Crippen molar-refractivity contribution in [2.75, 3.05) is 23.3 Å². The smallest absolute Gasteiger partial charge is 0.226 e. The summed E-state index contributed by atoms with van der Waals surface area (Å²) in [7, 11) is 0. The summed E-state index contributed by atoms with van der Waals surface area (Å²) in [6, 6.07) is 22.0. The zero-order chi connectivity index (χ0) is 36.4. The minimum Gasteiger partial charge on any atom is -0.508 e. The number of amides is 2. The zero-order valence-corrected chi connectivity index (χ0v) is 30.2. The van der Waals surface area contributed by atoms with Gasteiger partial charge in [0.2, 0.25) is 11.8 Å². The number of nitrogens with zero attached hydrogens (tertiary/aromatic N) is 6. The summed E-state index contributed by atoms with van der Waals surface area (Å²) in [6.45, 7) is 10.4. The van der Waals surface area contributed by atoms with Crippen molar-refractivity contribution in [2.45, 2.75) is 78.6 Å². The van der Waals surface area contributed by atoms with Crippen LogP contribution in [0.15, 0.2) is 77.4 Å². The lowest BCUT2D eigenvalue weighted by Gasteiger charge is -2.40. The van der Waals surface area contributed by atoms with Crippen LogP contribution < -0.4 is 15.5 Å². The first-order valence-electron chi connectivity index (χ1n) is 18.1. The number of para-hydroxylation sites is 1. The standard InChI is InChI=1S/C40H46N8O4/c1-5-38(50)48-25(2)18-36(35-8-6-7-9-37(35)48)42-31-10-12-33(13-11-31)47-24-32(43-45-47)22-41-40(51)29-14-16-46(17-15-29)23-28-19-30(21-34(49)20-28)39-26(3)44-52-27(39)4/h6-13,19-21,24-25,29,36,42,49H,5,14-18,22-23H2,1-4H3,(H,41,51)/t25-,36+/m0/s1. The van der Waals surface area contributed by atoms with E-state index in [4.69, 9.17) is 4.52 Å². The van der Waals surface area contributed by atoms with E-state index in [1.807, 2.05) is 74.3 Å². The number of benzene rings is 3. The zero-order valence-electron chi connectivity index (χ0n) is 30.2. The first kappa shape index (κ1) is 34.9. The van der Waals surface area contributed by atoms with Gasteiger partial charge in [-0.2, -0.15) is 0 Å². The molecule has 2 aliphatic heterocycles. The quantitative estimate of drug-likeness (QED) is 0.150. The average Bonchev–Trinajstić information content (AvgIpc) is 3.76. The number of likely N-dealkylation sites (tertiary alicyclic amines) is 1. The fourth-order valence-electron chi connectivity index (χ4n) is 7.66. The molecule has 0 unspecified atom stereocenters. The number of carbonyl (C=O) groups excluding carboxylic acids is 2. The number of hydrogen-bond acceptors (Lipinski definition) is 9. The second-order valence-corrected chi connectivity index (χ2v) is 14.0. The van der Waals surface area contributed by atoms with Gasteiger partial charge in [-0.3, -0.25) is 14.5 Å². The molecule has 7 rings (SSSR count). The number of carbonyl (C=O) groups is 2. The second kappa shape index (κ2) is 15.0. The third kappa shape index (κ3) is 7.43. The Morgan fingerprint density at radius 2 is 1.79 bits per heavy atom. The molecule has 2 amide bonds. The summed E-state index contributed by atoms with van der Waals surface area (Å²) in [5.41, 5.74) is 8.23. The van der Waals surface area contributed by atoms with Crippen molar-refractivity contribution in [3.8, 4) is 22.6 Å². The van der Waals surface area contributed by atoms with Crippen molar-refractivity contribution < 1.29 is 19.2 Å². The third-order valence-corrected chi connectivity index (χ3v) is 10.3. The van der Waals surface area contributed by atoms with Gasteiger partial charge in [0.1, 0.15) is 17.2 Å². The monoisotopic (exact) mass is 702 g/mol. The van der Waals surface area contributed by atoms with Gasteiger partial charge in [0.05, 0.1) is 30.2 Å². The first-order chi connectivity index (χ1) is 25.2. The Bertz CT molecular complexity index is 2030. The lowest BCUT2D eigenvalue weighted by molar-refractivity contribution is -0.126. The number of nitrogens with one attached hydrogen (secondary N) is 2. The Labute approximate surface area is 303 Å². The minimum atomic E-state index is -0.0669. The number of piperidine rings is 1. The number of fused-ring (bicyclic) bond motifs is 1. The van der Waals surface area contributed by atoms with E-state index >= 15 is 0 Å². The average molecular weight is 703 g/mol. The SMILES string of the molecule is CCC(=O)N1c2ccccc2[C@H](Nc2ccc(-n3cc(CNC(=O)C4CCN(Cc5cc(O)cc(-c6c(C)noc6C)c5)CC4)nn3)cc2)C[C@@H]1C. The molecule has 2 aromatic heterocycles. The molecule has 0 saturated carbocycles. The molecule has 3 N–H and O–H groups in total. The van der Waals surface area contributed by atoms with Crippen molar-refractivity contribution in [3.05, 3.63) is 101 Å². The molecule has 0 aliphatic carbocycles. The number of anilines is 2. The molecular formula is C40H46N8O4. The van der Waals surface area contributed by atoms with Gasteiger partial charge in [-0.15, -0.1) is 5.10 Å². The van der Waals surface area contributed by atoms with Crippen molar-refractivity contribution in [2.24, 2.45) is 5.92 Å². The van der Waals surface area contributed by atoms with Gasteiger partial charge >= 0.3 is 0 Å². The van der Waals surface area contributed by atoms with Crippen molar-refractivity contribution >= 4 is 23.2 Å². The second-order valence-electron chi connectivity index (χ2n) is 14.0. The molecule has 2 atom stereocenters. The van der Waals surface area contributed by atoms with E-state index in [9.17, 15) is 14.7 Å². The van der Waals surface area contributed by atoms with Crippen LogP contribution in [0.2, 0.25) is 0 Å². The Hall–Kier alpha value is -5.49. The number of phenols is 1. The van der Waals surface area contributed by atoms with Gasteiger partial charge < -0.3 is 25.2 Å². The Kier molecular flexibility index (Phi) is 10.1. The van der Waals surface area contributed by atoms with Gasteiger partial charge in [-0.1, -0.05) is 35.5 Å². The van der Waals surface area contributed by atoms with Gasteiger partial charge in [0.15, 0.2) is 0 Å². The van der Waals surface area contributed by atoms with Crippen molar-refractivity contribution in [3.63, 3.8) is 0 Å². The van der Waals surface area contributed by atoms with Crippen LogP contribution in [0.1, 0.15) is 73.8 Å². The maximum Gasteiger partial charge on any atom is 0.226 e. The summed E-state index contributed by atoms with van der Waals surface area (Å²) in [6.07, 6.45) is 4.65. The predicted octanol–water partition coefficient (Wildman–Crippen LogP) is 6.46. The van der Waals surface area contributed by atoms with Crippen LogP contribution in [0.3, 0.4) is 0 Å². The fourth-order valence-corrected chi connectivity index (χ4v) is 7.66. The molecule has 2 aliphatic rings. The molecule has 270 valence electrons. The van der Waals surface area contributed by atoms with Crippen molar-refractivity contribution in [1.82, 2.24) is 30.4 Å². The van der Waals surface area contributed by atoms with Gasteiger partial charge in [-0.05, 0) is 118 Å². The van der Waals surface area contributed by atoms with Crippen LogP contribution in [-0.2, 0) is 22.7 Å². The Morgan fingerprint density at radius 3 is 2.52 bits per heavy atom. The number of phenolic OH excluding ortho intramolecular Hbond substituents is 1. The highest BCUT2D eigenvalue weighted by Gasteiger charge is 2.33. The predicted molar refractivity (Wildman–Crippen MR) is 199 cm³/mol. The highest BCUT2D eigenvalue weighted by atomic mass is 16.5. The van der Waals surface area contributed by atoms with E-state index in [1.165, 1.54) is 0 Å². The van der Waals surface area contributed by atoms with E-state index in [0.29, 0.717) is 25.2 Å². The maximum absolute atomic E-state index is 13.1. The van der Waals surface area contributed by atoms with Crippen molar-refractivity contribution in [1.29, 1.82) is 0 Å². The Balaban J connectivity index is 0.898. The van der Waals surface area contributed by atoms with E-state index < -0.39 is 0 Å². The third-order valence-electron chi connectivity index (χ3n) is 10.3. The molecule has 4 heterocycles. The molecule has 5 aromatic rings. The van der Waals surface area contributed by atoms with Crippen LogP contribution in [0.4, 0.5) is 11.4 Å². The van der Waals surface area contributed by atoms with Gasteiger partial charge in [0, 0.05) is 41.9 Å². The molecule has 0 spiro atoms. The molecule has 3 aromatic carbocycles. The normalized spacial score (nSPS) is 17.9. The van der Waals surface area contributed by atoms with E-state index in [2.05, 4.69) is 50.1 Å². The van der Waals surface area contributed by atoms with E-state index in [-0.39, 0.29) is 35.6 Å². The van der Waals surface area contributed by atoms with Gasteiger partial charge in [0.25, 0.3) is 0 Å². The summed E-state index contributed by atoms with van der Waals surface area (Å²) >= 11 is 0. The summed E-state index contributed by atoms with van der Waals surface area (Å²) in [5.74, 6) is 1.04. The maximum atomic E-state index is 13.1. The Morgan fingerprint density at radius 1 is 1.02 bits per heavy atom. The van der Waals surface area contributed by atoms with Crippen LogP contribution >= 0.6 is 0 Å². The number of aryl methyl sites for hydroxylation is 2. The summed E-state index contributed by atoms with van der Waals surface area (Å²) < 4.78 is 7.05. The van der Waals surface area contributed by atoms with Crippen LogP contribution in [-0.4, -0.2) is 61.1 Å². The first-order valence-corrected chi connectivity index (χ1v) is 18.1. The highest BCUT2D eigenvalue weighted by Crippen LogP contribution is 2.39. The minimum absolute atomic E-state index is 0.0310. The molecule has 12 heteroatoms. The summed E-state index contributed by atoms with van der Waals surface area (Å²) in [4.78, 5) is 30.1. The van der Waals surface area contributed by atoms with E-state index in [0.717, 1.165) is 83.1 Å². The molecule has 52 heavy (non-hydrogen) atoms. The number of aromatic nitrogens is 4. The number of rotatable bonds is 10. The van der Waals surface area contributed by atoms with Crippen LogP contribution in [0.5, 0.6) is 5.75 Å². The molecule has 12 nitrogen and oxygen atoms in total. The molecule has 0 radical (unpaired) electrons. The largest absolute Gasteiger partial charge is 0.508 e. The van der Waals surface area contributed by atoms with Crippen LogP contribution in [0.25, 0.3) is 16.8 Å². The highest BCUT2D eigenvalue weighted by molar-refractivity contribution is 5.95. The molecular weight excluding hydrogens is 656 g/mol. The van der Waals surface area contributed by atoms with Crippen LogP contribution in [0, 0.1) is 19.8 Å². The fraction of sp³-hybridized carbons (Fsp3) is 0.375. The number of aromatic hydroxyl groups is 1.